The number of phenolic OH excluding ortho intramolecular Hbond substituents is 1. The number of allylic oxidation sites excluding steroid dienone is 1. The summed E-state index contributed by atoms with van der Waals surface area (Å²) in [6.07, 6.45) is 1.76. The normalized spacial score (nSPS) is 10.8. The van der Waals surface area contributed by atoms with Gasteiger partial charge in [0.2, 0.25) is 0 Å². The summed E-state index contributed by atoms with van der Waals surface area (Å²) in [6, 6.07) is 14.1. The lowest BCUT2D eigenvalue weighted by Crippen LogP contribution is -1.90. The molecule has 2 aromatic rings. The van der Waals surface area contributed by atoms with E-state index in [2.05, 4.69) is 6.07 Å². The molecule has 0 aliphatic carbocycles. The number of nitriles is 1. The molecule has 1 N–H and O–H groups in total. The predicted molar refractivity (Wildman–Crippen MR) is 81.1 cm³/mol. The van der Waals surface area contributed by atoms with Crippen molar-refractivity contribution in [2.75, 3.05) is 14.2 Å². The van der Waals surface area contributed by atoms with E-state index >= 15 is 0 Å². The molecule has 0 saturated carbocycles. The first-order valence-electron chi connectivity index (χ1n) is 6.31. The number of hydrogen-bond donors (Lipinski definition) is 1. The lowest BCUT2D eigenvalue weighted by molar-refractivity contribution is 0.355. The molecule has 21 heavy (non-hydrogen) atoms. The van der Waals surface area contributed by atoms with Gasteiger partial charge in [-0.05, 0) is 53.6 Å². The summed E-state index contributed by atoms with van der Waals surface area (Å²) in [5.74, 6) is 1.41. The highest BCUT2D eigenvalue weighted by Crippen LogP contribution is 2.29. The van der Waals surface area contributed by atoms with Crippen LogP contribution in [0.15, 0.2) is 42.5 Å². The minimum absolute atomic E-state index is 0.169. The van der Waals surface area contributed by atoms with Crippen LogP contribution in [0.2, 0.25) is 0 Å². The number of ether oxygens (including phenoxy) is 2. The van der Waals surface area contributed by atoms with Gasteiger partial charge in [-0.15, -0.1) is 0 Å². The summed E-state index contributed by atoms with van der Waals surface area (Å²) in [4.78, 5) is 0. The highest BCUT2D eigenvalue weighted by atomic mass is 16.5. The lowest BCUT2D eigenvalue weighted by Gasteiger charge is -2.08. The first-order chi connectivity index (χ1) is 10.2. The minimum atomic E-state index is 0.169. The van der Waals surface area contributed by atoms with Gasteiger partial charge < -0.3 is 14.6 Å². The van der Waals surface area contributed by atoms with Crippen molar-refractivity contribution in [1.29, 1.82) is 5.26 Å². The van der Waals surface area contributed by atoms with Crippen LogP contribution in [-0.2, 0) is 0 Å². The third kappa shape index (κ3) is 3.34. The number of nitrogens with zero attached hydrogens (tertiary/aromatic N) is 1. The average Bonchev–Trinajstić information content (AvgIpc) is 2.53. The van der Waals surface area contributed by atoms with E-state index in [4.69, 9.17) is 9.47 Å². The van der Waals surface area contributed by atoms with Gasteiger partial charge in [0.25, 0.3) is 0 Å². The number of aromatic hydroxyl groups is 1. The Morgan fingerprint density at radius 1 is 1.05 bits per heavy atom. The van der Waals surface area contributed by atoms with E-state index in [9.17, 15) is 10.4 Å². The van der Waals surface area contributed by atoms with Crippen molar-refractivity contribution in [3.8, 4) is 23.3 Å². The van der Waals surface area contributed by atoms with Gasteiger partial charge in [-0.1, -0.05) is 6.07 Å². The van der Waals surface area contributed by atoms with Crippen LogP contribution in [0.5, 0.6) is 17.2 Å². The van der Waals surface area contributed by atoms with Crippen molar-refractivity contribution < 1.29 is 14.6 Å². The van der Waals surface area contributed by atoms with Crippen molar-refractivity contribution in [3.05, 3.63) is 53.6 Å². The Kier molecular flexibility index (Phi) is 4.47. The predicted octanol–water partition coefficient (Wildman–Crippen LogP) is 3.47. The molecule has 0 heterocycles. The van der Waals surface area contributed by atoms with Crippen LogP contribution in [0.3, 0.4) is 0 Å². The van der Waals surface area contributed by atoms with E-state index in [1.165, 1.54) is 0 Å². The largest absolute Gasteiger partial charge is 0.508 e. The van der Waals surface area contributed by atoms with Crippen molar-refractivity contribution in [1.82, 2.24) is 0 Å². The second-order valence-electron chi connectivity index (χ2n) is 4.33. The van der Waals surface area contributed by atoms with Gasteiger partial charge in [0, 0.05) is 0 Å². The van der Waals surface area contributed by atoms with Crippen LogP contribution in [0.25, 0.3) is 11.6 Å². The highest BCUT2D eigenvalue weighted by Gasteiger charge is 2.05. The van der Waals surface area contributed by atoms with Crippen molar-refractivity contribution in [2.45, 2.75) is 0 Å². The molecule has 4 heteroatoms. The first-order valence-corrected chi connectivity index (χ1v) is 6.31. The minimum Gasteiger partial charge on any atom is -0.508 e. The number of rotatable bonds is 4. The molecule has 0 atom stereocenters. The van der Waals surface area contributed by atoms with E-state index in [1.54, 1.807) is 56.7 Å². The number of phenols is 1. The summed E-state index contributed by atoms with van der Waals surface area (Å²) in [5, 5.41) is 18.6. The standard InChI is InChI=1S/C17H15NO3/c1-20-16-8-3-12(10-17(16)21-2)9-14(11-18)13-4-6-15(19)7-5-13/h3-10,19H,1-2H3/b14-9-. The fourth-order valence-corrected chi connectivity index (χ4v) is 1.93. The maximum atomic E-state index is 9.30. The fourth-order valence-electron chi connectivity index (χ4n) is 1.93. The van der Waals surface area contributed by atoms with Crippen LogP contribution in [0.1, 0.15) is 11.1 Å². The molecule has 0 radical (unpaired) electrons. The second kappa shape index (κ2) is 6.49. The quantitative estimate of drug-likeness (QED) is 0.688. The van der Waals surface area contributed by atoms with Gasteiger partial charge in [0.1, 0.15) is 5.75 Å². The van der Waals surface area contributed by atoms with E-state index in [0.29, 0.717) is 17.1 Å². The van der Waals surface area contributed by atoms with Gasteiger partial charge in [-0.25, -0.2) is 0 Å². The molecular formula is C17H15NO3. The zero-order valence-corrected chi connectivity index (χ0v) is 11.8. The summed E-state index contributed by atoms with van der Waals surface area (Å²) >= 11 is 0. The Balaban J connectivity index is 2.41. The lowest BCUT2D eigenvalue weighted by atomic mass is 10.0. The van der Waals surface area contributed by atoms with Crippen LogP contribution in [0.4, 0.5) is 0 Å². The Labute approximate surface area is 123 Å². The van der Waals surface area contributed by atoms with Gasteiger partial charge in [-0.3, -0.25) is 0 Å². The molecule has 0 bridgehead atoms. The topological polar surface area (TPSA) is 62.5 Å². The Bertz CT molecular complexity index is 697. The van der Waals surface area contributed by atoms with Crippen molar-refractivity contribution in [3.63, 3.8) is 0 Å². The van der Waals surface area contributed by atoms with Crippen LogP contribution in [-0.4, -0.2) is 19.3 Å². The fraction of sp³-hybridized carbons (Fsp3) is 0.118. The summed E-state index contributed by atoms with van der Waals surface area (Å²) in [7, 11) is 3.14. The summed E-state index contributed by atoms with van der Waals surface area (Å²) in [5.41, 5.74) is 2.07. The van der Waals surface area contributed by atoms with E-state index < -0.39 is 0 Å². The molecule has 2 aromatic carbocycles. The zero-order valence-electron chi connectivity index (χ0n) is 11.8. The Morgan fingerprint density at radius 2 is 1.71 bits per heavy atom. The third-order valence-electron chi connectivity index (χ3n) is 3.02. The highest BCUT2D eigenvalue weighted by molar-refractivity contribution is 5.89. The maximum absolute atomic E-state index is 9.30. The SMILES string of the molecule is COc1ccc(/C=C(/C#N)c2ccc(O)cc2)cc1OC. The van der Waals surface area contributed by atoms with Crippen molar-refractivity contribution in [2.24, 2.45) is 0 Å². The van der Waals surface area contributed by atoms with E-state index in [0.717, 1.165) is 11.1 Å². The van der Waals surface area contributed by atoms with Gasteiger partial charge >= 0.3 is 0 Å². The van der Waals surface area contributed by atoms with Gasteiger partial charge in [-0.2, -0.15) is 5.26 Å². The molecule has 0 aliphatic heterocycles. The number of hydrogen-bond acceptors (Lipinski definition) is 4. The summed E-state index contributed by atoms with van der Waals surface area (Å²) in [6.45, 7) is 0. The summed E-state index contributed by atoms with van der Waals surface area (Å²) < 4.78 is 10.4. The zero-order chi connectivity index (χ0) is 15.2. The molecule has 4 nitrogen and oxygen atoms in total. The van der Waals surface area contributed by atoms with Crippen LogP contribution >= 0.6 is 0 Å². The monoisotopic (exact) mass is 281 g/mol. The van der Waals surface area contributed by atoms with Gasteiger partial charge in [0.05, 0.1) is 25.9 Å². The molecule has 2 rings (SSSR count). The van der Waals surface area contributed by atoms with E-state index in [-0.39, 0.29) is 5.75 Å². The first kappa shape index (κ1) is 14.5. The van der Waals surface area contributed by atoms with Crippen LogP contribution in [0, 0.1) is 11.3 Å². The molecule has 0 fully saturated rings. The molecule has 0 aromatic heterocycles. The third-order valence-corrected chi connectivity index (χ3v) is 3.02. The molecule has 0 saturated heterocycles. The Morgan fingerprint density at radius 3 is 2.29 bits per heavy atom. The number of methoxy groups -OCH3 is 2. The Hall–Kier alpha value is -2.93. The molecule has 0 aliphatic rings. The average molecular weight is 281 g/mol. The molecular weight excluding hydrogens is 266 g/mol. The maximum Gasteiger partial charge on any atom is 0.161 e. The molecule has 0 spiro atoms. The molecule has 106 valence electrons. The number of benzene rings is 2. The molecule has 0 amide bonds. The van der Waals surface area contributed by atoms with Crippen LogP contribution < -0.4 is 9.47 Å². The second-order valence-corrected chi connectivity index (χ2v) is 4.33. The van der Waals surface area contributed by atoms with E-state index in [1.807, 2.05) is 6.07 Å². The van der Waals surface area contributed by atoms with Crippen molar-refractivity contribution >= 4 is 11.6 Å². The van der Waals surface area contributed by atoms with Gasteiger partial charge in [0.15, 0.2) is 11.5 Å². The molecule has 0 unspecified atom stereocenters. The smallest absolute Gasteiger partial charge is 0.161 e.